The highest BCUT2D eigenvalue weighted by Gasteiger charge is 2.34. The van der Waals surface area contributed by atoms with Gasteiger partial charge in [-0.05, 0) is 62.3 Å². The predicted molar refractivity (Wildman–Crippen MR) is 93.9 cm³/mol. The second kappa shape index (κ2) is 7.02. The first-order valence-corrected chi connectivity index (χ1v) is 8.96. The number of aryl methyl sites for hydroxylation is 1. The van der Waals surface area contributed by atoms with Gasteiger partial charge >= 0.3 is 6.03 Å². The van der Waals surface area contributed by atoms with E-state index in [9.17, 15) is 14.0 Å². The molecule has 5 nitrogen and oxygen atoms in total. The third-order valence-electron chi connectivity index (χ3n) is 5.43. The molecular formula is C19H26FN3O2. The first kappa shape index (κ1) is 17.7. The minimum atomic E-state index is -0.337. The summed E-state index contributed by atoms with van der Waals surface area (Å²) in [7, 11) is 0. The van der Waals surface area contributed by atoms with Crippen LogP contribution in [0.2, 0.25) is 0 Å². The standard InChI is InChI=1S/C19H26FN3O2/c1-13-11-15(20)3-4-16(13)14-6-9-23(10-7-14)18(25)21-12-19(2)8-5-17(24)22-19/h3-4,11,14H,5-10,12H2,1-2H3,(H,21,25)(H,22,24)/t19-/m0/s1. The van der Waals surface area contributed by atoms with Crippen molar-refractivity contribution in [3.8, 4) is 0 Å². The minimum absolute atomic E-state index is 0.0484. The van der Waals surface area contributed by atoms with Crippen molar-refractivity contribution < 1.29 is 14.0 Å². The van der Waals surface area contributed by atoms with Crippen molar-refractivity contribution in [1.29, 1.82) is 0 Å². The zero-order chi connectivity index (χ0) is 18.0. The van der Waals surface area contributed by atoms with Gasteiger partial charge in [0.15, 0.2) is 0 Å². The highest BCUT2D eigenvalue weighted by molar-refractivity contribution is 5.80. The van der Waals surface area contributed by atoms with Crippen LogP contribution < -0.4 is 10.6 Å². The van der Waals surface area contributed by atoms with Crippen molar-refractivity contribution in [2.45, 2.75) is 51.0 Å². The number of benzene rings is 1. The topological polar surface area (TPSA) is 61.4 Å². The normalized spacial score (nSPS) is 24.3. The first-order chi connectivity index (χ1) is 11.9. The molecule has 3 amide bonds. The molecule has 0 unspecified atom stereocenters. The number of carbonyl (C=O) groups is 2. The number of piperidine rings is 1. The average molecular weight is 347 g/mol. The van der Waals surface area contributed by atoms with Gasteiger partial charge in [-0.1, -0.05) is 6.07 Å². The lowest BCUT2D eigenvalue weighted by atomic mass is 9.87. The molecule has 1 aromatic rings. The first-order valence-electron chi connectivity index (χ1n) is 8.96. The Morgan fingerprint density at radius 1 is 1.40 bits per heavy atom. The molecule has 2 aliphatic heterocycles. The molecule has 0 bridgehead atoms. The van der Waals surface area contributed by atoms with Crippen LogP contribution in [0, 0.1) is 12.7 Å². The molecule has 1 aromatic carbocycles. The van der Waals surface area contributed by atoms with E-state index in [1.807, 2.05) is 24.8 Å². The Balaban J connectivity index is 1.50. The largest absolute Gasteiger partial charge is 0.349 e. The molecule has 136 valence electrons. The molecule has 2 aliphatic rings. The van der Waals surface area contributed by atoms with Crippen molar-refractivity contribution in [2.24, 2.45) is 0 Å². The third-order valence-corrected chi connectivity index (χ3v) is 5.43. The molecule has 2 saturated heterocycles. The maximum Gasteiger partial charge on any atom is 0.317 e. The maximum atomic E-state index is 13.3. The SMILES string of the molecule is Cc1cc(F)ccc1C1CCN(C(=O)NC[C@]2(C)CCC(=O)N2)CC1. The van der Waals surface area contributed by atoms with Gasteiger partial charge < -0.3 is 15.5 Å². The van der Waals surface area contributed by atoms with Crippen molar-refractivity contribution in [2.75, 3.05) is 19.6 Å². The summed E-state index contributed by atoms with van der Waals surface area (Å²) in [6.45, 7) is 5.73. The Morgan fingerprint density at radius 2 is 2.12 bits per heavy atom. The number of nitrogens with zero attached hydrogens (tertiary/aromatic N) is 1. The van der Waals surface area contributed by atoms with Gasteiger partial charge in [0.1, 0.15) is 5.82 Å². The molecule has 0 radical (unpaired) electrons. The van der Waals surface area contributed by atoms with Gasteiger partial charge in [-0.15, -0.1) is 0 Å². The molecule has 25 heavy (non-hydrogen) atoms. The number of carbonyl (C=O) groups excluding carboxylic acids is 2. The summed E-state index contributed by atoms with van der Waals surface area (Å²) >= 11 is 0. The molecule has 0 aliphatic carbocycles. The third kappa shape index (κ3) is 4.11. The van der Waals surface area contributed by atoms with Crippen LogP contribution in [-0.2, 0) is 4.79 Å². The number of likely N-dealkylation sites (tertiary alicyclic amines) is 1. The summed E-state index contributed by atoms with van der Waals surface area (Å²) in [5.74, 6) is 0.217. The summed E-state index contributed by atoms with van der Waals surface area (Å²) in [6.07, 6.45) is 3.04. The van der Waals surface area contributed by atoms with Crippen LogP contribution >= 0.6 is 0 Å². The van der Waals surface area contributed by atoms with E-state index < -0.39 is 0 Å². The molecule has 2 heterocycles. The molecule has 2 N–H and O–H groups in total. The molecule has 1 atom stereocenters. The zero-order valence-electron chi connectivity index (χ0n) is 14.9. The fourth-order valence-corrected chi connectivity index (χ4v) is 3.86. The van der Waals surface area contributed by atoms with Crippen LogP contribution in [0.1, 0.15) is 49.7 Å². The summed E-state index contributed by atoms with van der Waals surface area (Å²) < 4.78 is 13.3. The van der Waals surface area contributed by atoms with Gasteiger partial charge in [0.25, 0.3) is 0 Å². The quantitative estimate of drug-likeness (QED) is 0.883. The van der Waals surface area contributed by atoms with Crippen LogP contribution in [0.3, 0.4) is 0 Å². The monoisotopic (exact) mass is 347 g/mol. The molecule has 6 heteroatoms. The van der Waals surface area contributed by atoms with E-state index in [-0.39, 0.29) is 23.3 Å². The second-order valence-corrected chi connectivity index (χ2v) is 7.53. The van der Waals surface area contributed by atoms with E-state index in [2.05, 4.69) is 10.6 Å². The lowest BCUT2D eigenvalue weighted by molar-refractivity contribution is -0.119. The number of rotatable bonds is 3. The molecule has 0 spiro atoms. The molecule has 3 rings (SSSR count). The van der Waals surface area contributed by atoms with Crippen molar-refractivity contribution in [3.05, 3.63) is 35.1 Å². The van der Waals surface area contributed by atoms with E-state index in [0.29, 0.717) is 32.0 Å². The Hall–Kier alpha value is -2.11. The van der Waals surface area contributed by atoms with Crippen LogP contribution in [0.4, 0.5) is 9.18 Å². The predicted octanol–water partition coefficient (Wildman–Crippen LogP) is 2.69. The van der Waals surface area contributed by atoms with E-state index in [0.717, 1.165) is 24.8 Å². The van der Waals surface area contributed by atoms with E-state index in [1.54, 1.807) is 6.07 Å². The van der Waals surface area contributed by atoms with Crippen molar-refractivity contribution in [3.63, 3.8) is 0 Å². The van der Waals surface area contributed by atoms with Gasteiger partial charge in [0.05, 0.1) is 5.54 Å². The second-order valence-electron chi connectivity index (χ2n) is 7.53. The summed E-state index contributed by atoms with van der Waals surface area (Å²) in [5.41, 5.74) is 1.83. The highest BCUT2D eigenvalue weighted by Crippen LogP contribution is 2.30. The van der Waals surface area contributed by atoms with Gasteiger partial charge in [-0.25, -0.2) is 9.18 Å². The smallest absolute Gasteiger partial charge is 0.317 e. The van der Waals surface area contributed by atoms with Gasteiger partial charge in [0, 0.05) is 26.1 Å². The van der Waals surface area contributed by atoms with E-state index >= 15 is 0 Å². The molecule has 0 saturated carbocycles. The number of nitrogens with one attached hydrogen (secondary N) is 2. The van der Waals surface area contributed by atoms with Crippen molar-refractivity contribution >= 4 is 11.9 Å². The highest BCUT2D eigenvalue weighted by atomic mass is 19.1. The number of hydrogen-bond donors (Lipinski definition) is 2. The summed E-state index contributed by atoms with van der Waals surface area (Å²) in [4.78, 5) is 25.6. The van der Waals surface area contributed by atoms with Crippen LogP contribution in [-0.4, -0.2) is 42.0 Å². The van der Waals surface area contributed by atoms with Crippen molar-refractivity contribution in [1.82, 2.24) is 15.5 Å². The van der Waals surface area contributed by atoms with Crippen LogP contribution in [0.25, 0.3) is 0 Å². The van der Waals surface area contributed by atoms with Crippen LogP contribution in [0.5, 0.6) is 0 Å². The van der Waals surface area contributed by atoms with E-state index in [1.165, 1.54) is 11.6 Å². The molecule has 2 fully saturated rings. The zero-order valence-corrected chi connectivity index (χ0v) is 14.9. The maximum absolute atomic E-state index is 13.3. The van der Waals surface area contributed by atoms with Gasteiger partial charge in [0.2, 0.25) is 5.91 Å². The minimum Gasteiger partial charge on any atom is -0.349 e. The Kier molecular flexibility index (Phi) is 4.97. The number of amides is 3. The fourth-order valence-electron chi connectivity index (χ4n) is 3.86. The van der Waals surface area contributed by atoms with Crippen LogP contribution in [0.15, 0.2) is 18.2 Å². The number of hydrogen-bond acceptors (Lipinski definition) is 2. The van der Waals surface area contributed by atoms with Gasteiger partial charge in [-0.3, -0.25) is 4.79 Å². The Labute approximate surface area is 148 Å². The lowest BCUT2D eigenvalue weighted by Crippen LogP contribution is -2.52. The average Bonchev–Trinajstić information content (AvgIpc) is 2.92. The van der Waals surface area contributed by atoms with E-state index in [4.69, 9.17) is 0 Å². The fraction of sp³-hybridized carbons (Fsp3) is 0.579. The Bertz CT molecular complexity index is 671. The summed E-state index contributed by atoms with van der Waals surface area (Å²) in [6, 6.07) is 4.88. The summed E-state index contributed by atoms with van der Waals surface area (Å²) in [5, 5.41) is 5.88. The number of urea groups is 1. The lowest BCUT2D eigenvalue weighted by Gasteiger charge is -2.34. The van der Waals surface area contributed by atoms with Gasteiger partial charge in [-0.2, -0.15) is 0 Å². The molecule has 0 aromatic heterocycles. The number of halogens is 1. The molecular weight excluding hydrogens is 321 g/mol. The Morgan fingerprint density at radius 3 is 2.72 bits per heavy atom.